The van der Waals surface area contributed by atoms with Crippen LogP contribution in [0.25, 0.3) is 0 Å². The van der Waals surface area contributed by atoms with Gasteiger partial charge < -0.3 is 4.74 Å². The number of nitrogens with zero attached hydrogens (tertiary/aromatic N) is 2. The first-order valence-electron chi connectivity index (χ1n) is 5.04. The molecule has 0 spiro atoms. The van der Waals surface area contributed by atoms with E-state index in [-0.39, 0.29) is 0 Å². The molecule has 0 fully saturated rings. The van der Waals surface area contributed by atoms with Crippen LogP contribution in [0.1, 0.15) is 5.69 Å². The number of aromatic nitrogens is 2. The first-order valence-corrected chi connectivity index (χ1v) is 5.04. The Labute approximate surface area is 94.4 Å². The molecule has 0 saturated heterocycles. The van der Waals surface area contributed by atoms with Gasteiger partial charge in [0.25, 0.3) is 0 Å². The predicted molar refractivity (Wildman–Crippen MR) is 62.4 cm³/mol. The molecule has 1 aromatic carbocycles. The maximum absolute atomic E-state index is 5.64. The molecule has 0 bridgehead atoms. The summed E-state index contributed by atoms with van der Waals surface area (Å²) in [7, 11) is 0. The van der Waals surface area contributed by atoms with Crippen LogP contribution in [0.2, 0.25) is 0 Å². The van der Waals surface area contributed by atoms with Gasteiger partial charge in [-0.05, 0) is 12.1 Å². The maximum Gasteiger partial charge on any atom is 0.241 e. The lowest BCUT2D eigenvalue weighted by atomic mass is 10.3. The van der Waals surface area contributed by atoms with Crippen LogP contribution < -0.4 is 4.74 Å². The summed E-state index contributed by atoms with van der Waals surface area (Å²) in [6.07, 6.45) is 5.69. The summed E-state index contributed by atoms with van der Waals surface area (Å²) >= 11 is 0. The zero-order valence-corrected chi connectivity index (χ0v) is 8.84. The Morgan fingerprint density at radius 3 is 2.62 bits per heavy atom. The largest absolute Gasteiger partial charge is 0.437 e. The number of rotatable bonds is 4. The number of hydrogen-bond acceptors (Lipinski definition) is 3. The Kier molecular flexibility index (Phi) is 3.28. The second kappa shape index (κ2) is 5.07. The molecular formula is C13H12N2O. The molecule has 0 aliphatic heterocycles. The third-order valence-corrected chi connectivity index (χ3v) is 2.03. The molecule has 0 saturated carbocycles. The average molecular weight is 212 g/mol. The van der Waals surface area contributed by atoms with Crippen molar-refractivity contribution >= 4 is 0 Å². The van der Waals surface area contributed by atoms with Crippen molar-refractivity contribution in [3.05, 3.63) is 61.1 Å². The Hall–Kier alpha value is -2.16. The van der Waals surface area contributed by atoms with Crippen LogP contribution in [0.3, 0.4) is 0 Å². The number of ether oxygens (including phenoxy) is 1. The van der Waals surface area contributed by atoms with E-state index in [1.807, 2.05) is 30.3 Å². The monoisotopic (exact) mass is 212 g/mol. The first kappa shape index (κ1) is 10.4. The minimum atomic E-state index is 0.536. The molecule has 0 unspecified atom stereocenters. The van der Waals surface area contributed by atoms with Crippen LogP contribution >= 0.6 is 0 Å². The summed E-state index contributed by atoms with van der Waals surface area (Å²) in [4.78, 5) is 8.37. The van der Waals surface area contributed by atoms with Gasteiger partial charge in [0.15, 0.2) is 0 Å². The quantitative estimate of drug-likeness (QED) is 0.731. The van der Waals surface area contributed by atoms with Crippen LogP contribution in [0.15, 0.2) is 55.4 Å². The van der Waals surface area contributed by atoms with Crippen LogP contribution in [0, 0.1) is 0 Å². The number of hydrogen-bond donors (Lipinski definition) is 0. The molecule has 0 radical (unpaired) electrons. The Morgan fingerprint density at radius 1 is 1.12 bits per heavy atom. The lowest BCUT2D eigenvalue weighted by molar-refractivity contribution is 0.453. The summed E-state index contributed by atoms with van der Waals surface area (Å²) in [5, 5.41) is 0. The molecule has 1 aromatic heterocycles. The first-order chi connectivity index (χ1) is 7.90. The summed E-state index contributed by atoms with van der Waals surface area (Å²) in [5.74, 6) is 1.29. The number of para-hydroxylation sites is 1. The Bertz CT molecular complexity index is 468. The van der Waals surface area contributed by atoms with Crippen molar-refractivity contribution in [3.63, 3.8) is 0 Å². The summed E-state index contributed by atoms with van der Waals surface area (Å²) in [6, 6.07) is 9.53. The van der Waals surface area contributed by atoms with E-state index in [0.29, 0.717) is 12.3 Å². The van der Waals surface area contributed by atoms with Crippen LogP contribution in [0.5, 0.6) is 11.6 Å². The van der Waals surface area contributed by atoms with Gasteiger partial charge in [0.2, 0.25) is 5.88 Å². The van der Waals surface area contributed by atoms with Crippen molar-refractivity contribution < 1.29 is 4.74 Å². The van der Waals surface area contributed by atoms with Gasteiger partial charge >= 0.3 is 0 Å². The van der Waals surface area contributed by atoms with Crippen LogP contribution in [0.4, 0.5) is 0 Å². The lowest BCUT2D eigenvalue weighted by Crippen LogP contribution is -1.96. The fraction of sp³-hybridized carbons (Fsp3) is 0.0769. The van der Waals surface area contributed by atoms with E-state index in [4.69, 9.17) is 4.74 Å². The fourth-order valence-corrected chi connectivity index (χ4v) is 1.32. The van der Waals surface area contributed by atoms with Crippen LogP contribution in [-0.2, 0) is 6.42 Å². The second-order valence-electron chi connectivity index (χ2n) is 3.22. The van der Waals surface area contributed by atoms with Crippen molar-refractivity contribution in [1.82, 2.24) is 9.97 Å². The Balaban J connectivity index is 2.24. The zero-order chi connectivity index (χ0) is 11.2. The molecule has 2 aromatic rings. The maximum atomic E-state index is 5.64. The van der Waals surface area contributed by atoms with E-state index in [1.165, 1.54) is 0 Å². The molecule has 16 heavy (non-hydrogen) atoms. The highest BCUT2D eigenvalue weighted by atomic mass is 16.5. The van der Waals surface area contributed by atoms with Crippen molar-refractivity contribution in [3.8, 4) is 11.6 Å². The van der Waals surface area contributed by atoms with Crippen molar-refractivity contribution in [2.24, 2.45) is 0 Å². The molecule has 3 nitrogen and oxygen atoms in total. The number of benzene rings is 1. The van der Waals surface area contributed by atoms with Gasteiger partial charge in [0.1, 0.15) is 11.4 Å². The average Bonchev–Trinajstić information content (AvgIpc) is 2.33. The van der Waals surface area contributed by atoms with Gasteiger partial charge in [-0.3, -0.25) is 4.98 Å². The second-order valence-corrected chi connectivity index (χ2v) is 3.22. The van der Waals surface area contributed by atoms with E-state index in [2.05, 4.69) is 16.5 Å². The third-order valence-electron chi connectivity index (χ3n) is 2.03. The molecule has 0 N–H and O–H groups in total. The van der Waals surface area contributed by atoms with Gasteiger partial charge in [0.05, 0.1) is 0 Å². The molecule has 1 heterocycles. The molecule has 2 rings (SSSR count). The highest BCUT2D eigenvalue weighted by molar-refractivity contribution is 5.29. The molecular weight excluding hydrogens is 200 g/mol. The van der Waals surface area contributed by atoms with E-state index in [1.54, 1.807) is 18.5 Å². The highest BCUT2D eigenvalue weighted by Gasteiger charge is 2.05. The number of allylic oxidation sites excluding steroid dienone is 1. The lowest BCUT2D eigenvalue weighted by Gasteiger charge is -2.06. The van der Waals surface area contributed by atoms with E-state index in [0.717, 1.165) is 11.4 Å². The highest BCUT2D eigenvalue weighted by Crippen LogP contribution is 2.21. The van der Waals surface area contributed by atoms with E-state index < -0.39 is 0 Å². The molecule has 80 valence electrons. The summed E-state index contributed by atoms with van der Waals surface area (Å²) < 4.78 is 5.64. The zero-order valence-electron chi connectivity index (χ0n) is 8.84. The molecule has 0 amide bonds. The van der Waals surface area contributed by atoms with E-state index >= 15 is 0 Å². The molecule has 0 aliphatic rings. The SMILES string of the molecule is C=CCc1nccnc1Oc1ccccc1. The van der Waals surface area contributed by atoms with Crippen molar-refractivity contribution in [1.29, 1.82) is 0 Å². The minimum Gasteiger partial charge on any atom is -0.437 e. The normalized spacial score (nSPS) is 9.75. The minimum absolute atomic E-state index is 0.536. The third kappa shape index (κ3) is 2.45. The standard InChI is InChI=1S/C13H12N2O/c1-2-6-12-13(15-10-9-14-12)16-11-7-4-3-5-8-11/h2-5,7-10H,1,6H2. The van der Waals surface area contributed by atoms with Crippen molar-refractivity contribution in [2.45, 2.75) is 6.42 Å². The van der Waals surface area contributed by atoms with Crippen molar-refractivity contribution in [2.75, 3.05) is 0 Å². The van der Waals surface area contributed by atoms with Gasteiger partial charge in [-0.1, -0.05) is 24.3 Å². The summed E-state index contributed by atoms with van der Waals surface area (Å²) in [5.41, 5.74) is 0.793. The topological polar surface area (TPSA) is 35.0 Å². The summed E-state index contributed by atoms with van der Waals surface area (Å²) in [6.45, 7) is 3.68. The van der Waals surface area contributed by atoms with Crippen LogP contribution in [-0.4, -0.2) is 9.97 Å². The molecule has 3 heteroatoms. The van der Waals surface area contributed by atoms with Gasteiger partial charge in [-0.15, -0.1) is 6.58 Å². The Morgan fingerprint density at radius 2 is 1.88 bits per heavy atom. The van der Waals surface area contributed by atoms with Gasteiger partial charge in [0, 0.05) is 18.8 Å². The smallest absolute Gasteiger partial charge is 0.241 e. The fourth-order valence-electron chi connectivity index (χ4n) is 1.32. The molecule has 0 atom stereocenters. The van der Waals surface area contributed by atoms with Gasteiger partial charge in [-0.2, -0.15) is 0 Å². The predicted octanol–water partition coefficient (Wildman–Crippen LogP) is 3.00. The van der Waals surface area contributed by atoms with E-state index in [9.17, 15) is 0 Å². The van der Waals surface area contributed by atoms with Gasteiger partial charge in [-0.25, -0.2) is 4.98 Å². The molecule has 0 aliphatic carbocycles.